The lowest BCUT2D eigenvalue weighted by Crippen LogP contribution is -2.43. The fraction of sp³-hybridized carbons (Fsp3) is 0.407. The first-order valence-electron chi connectivity index (χ1n) is 11.7. The summed E-state index contributed by atoms with van der Waals surface area (Å²) in [6.07, 6.45) is 1.57. The molecular formula is C27H32N4O3. The van der Waals surface area contributed by atoms with Crippen molar-refractivity contribution in [3.63, 3.8) is 0 Å². The Kier molecular flexibility index (Phi) is 6.55. The molecule has 178 valence electrons. The van der Waals surface area contributed by atoms with Gasteiger partial charge in [-0.1, -0.05) is 43.1 Å². The van der Waals surface area contributed by atoms with E-state index < -0.39 is 0 Å². The summed E-state index contributed by atoms with van der Waals surface area (Å²) in [5, 5.41) is 7.06. The molecule has 1 aliphatic rings. The maximum atomic E-state index is 13.0. The molecule has 0 radical (unpaired) electrons. The van der Waals surface area contributed by atoms with Gasteiger partial charge in [0.15, 0.2) is 0 Å². The van der Waals surface area contributed by atoms with E-state index in [1.54, 1.807) is 4.90 Å². The van der Waals surface area contributed by atoms with Gasteiger partial charge in [0.25, 0.3) is 5.91 Å². The van der Waals surface area contributed by atoms with Crippen LogP contribution in [0.15, 0.2) is 47.0 Å². The minimum absolute atomic E-state index is 0.0107. The second-order valence-corrected chi connectivity index (χ2v) is 10.2. The number of nitrogens with zero attached hydrogens (tertiary/aromatic N) is 3. The molecule has 1 unspecified atom stereocenters. The van der Waals surface area contributed by atoms with Crippen molar-refractivity contribution in [3.8, 4) is 11.4 Å². The molecule has 0 spiro atoms. The van der Waals surface area contributed by atoms with Crippen molar-refractivity contribution in [3.05, 3.63) is 65.0 Å². The number of aryl methyl sites for hydroxylation is 2. The van der Waals surface area contributed by atoms with Crippen LogP contribution in [0.5, 0.6) is 0 Å². The highest BCUT2D eigenvalue weighted by molar-refractivity contribution is 5.96. The van der Waals surface area contributed by atoms with Crippen LogP contribution in [0.1, 0.15) is 61.0 Å². The van der Waals surface area contributed by atoms with E-state index in [4.69, 9.17) is 4.52 Å². The summed E-state index contributed by atoms with van der Waals surface area (Å²) in [6, 6.07) is 13.3. The molecule has 1 aromatic heterocycles. The molecule has 0 bridgehead atoms. The van der Waals surface area contributed by atoms with Crippen molar-refractivity contribution < 1.29 is 14.1 Å². The van der Waals surface area contributed by atoms with Gasteiger partial charge in [-0.2, -0.15) is 4.98 Å². The number of rotatable bonds is 4. The molecule has 0 aliphatic carbocycles. The molecule has 2 amide bonds. The van der Waals surface area contributed by atoms with E-state index in [-0.39, 0.29) is 23.1 Å². The van der Waals surface area contributed by atoms with Gasteiger partial charge in [-0.3, -0.25) is 9.59 Å². The Bertz CT molecular complexity index is 1170. The zero-order valence-corrected chi connectivity index (χ0v) is 20.5. The minimum Gasteiger partial charge on any atom is -0.338 e. The van der Waals surface area contributed by atoms with Gasteiger partial charge in [0.1, 0.15) is 0 Å². The highest BCUT2D eigenvalue weighted by Crippen LogP contribution is 2.26. The Hall–Kier alpha value is -3.48. The van der Waals surface area contributed by atoms with E-state index in [0.29, 0.717) is 36.1 Å². The van der Waals surface area contributed by atoms with Crippen LogP contribution in [0.25, 0.3) is 11.4 Å². The molecule has 0 saturated carbocycles. The SMILES string of the molecule is Cc1cc(C)cc(C(=O)N2CCCC(C(=O)Nc3ccc(-c4noc(C(C)(C)C)n4)cc3)C2)c1. The monoisotopic (exact) mass is 460 g/mol. The quantitative estimate of drug-likeness (QED) is 0.582. The van der Waals surface area contributed by atoms with E-state index in [9.17, 15) is 9.59 Å². The third kappa shape index (κ3) is 5.35. The number of carbonyl (C=O) groups excluding carboxylic acids is 2. The number of aromatic nitrogens is 2. The standard InChI is InChI=1S/C27H32N4O3/c1-17-13-18(2)15-21(14-17)25(33)31-12-6-7-20(16-31)24(32)28-22-10-8-19(9-11-22)23-29-26(34-30-23)27(3,4)5/h8-11,13-15,20H,6-7,12,16H2,1-5H3,(H,28,32). The van der Waals surface area contributed by atoms with Gasteiger partial charge in [-0.25, -0.2) is 0 Å². The van der Waals surface area contributed by atoms with E-state index in [1.807, 2.05) is 71.0 Å². The first-order chi connectivity index (χ1) is 16.1. The summed E-state index contributed by atoms with van der Waals surface area (Å²) in [5.74, 6) is 0.784. The van der Waals surface area contributed by atoms with Crippen LogP contribution < -0.4 is 5.32 Å². The largest absolute Gasteiger partial charge is 0.338 e. The summed E-state index contributed by atoms with van der Waals surface area (Å²) in [6.45, 7) is 11.1. The van der Waals surface area contributed by atoms with Crippen molar-refractivity contribution in [1.29, 1.82) is 0 Å². The second kappa shape index (κ2) is 9.41. The summed E-state index contributed by atoms with van der Waals surface area (Å²) < 4.78 is 5.37. The van der Waals surface area contributed by atoms with Gasteiger partial charge < -0.3 is 14.7 Å². The van der Waals surface area contributed by atoms with Crippen molar-refractivity contribution in [2.45, 2.75) is 52.9 Å². The number of amides is 2. The third-order valence-corrected chi connectivity index (χ3v) is 6.03. The lowest BCUT2D eigenvalue weighted by Gasteiger charge is -2.32. The van der Waals surface area contributed by atoms with Gasteiger partial charge in [0, 0.05) is 35.3 Å². The summed E-state index contributed by atoms with van der Waals surface area (Å²) in [4.78, 5) is 32.3. The number of hydrogen-bond donors (Lipinski definition) is 1. The van der Waals surface area contributed by atoms with Crippen LogP contribution in [-0.4, -0.2) is 39.9 Å². The van der Waals surface area contributed by atoms with Crippen LogP contribution in [0.2, 0.25) is 0 Å². The average molecular weight is 461 g/mol. The number of carbonyl (C=O) groups is 2. The number of nitrogens with one attached hydrogen (secondary N) is 1. The van der Waals surface area contributed by atoms with Gasteiger partial charge in [-0.05, 0) is 63.1 Å². The summed E-state index contributed by atoms with van der Waals surface area (Å²) >= 11 is 0. The Labute approximate surface area is 200 Å². The molecule has 4 rings (SSSR count). The topological polar surface area (TPSA) is 88.3 Å². The highest BCUT2D eigenvalue weighted by atomic mass is 16.5. The van der Waals surface area contributed by atoms with E-state index in [2.05, 4.69) is 21.5 Å². The number of likely N-dealkylation sites (tertiary alicyclic amines) is 1. The van der Waals surface area contributed by atoms with Crippen LogP contribution in [0.3, 0.4) is 0 Å². The van der Waals surface area contributed by atoms with Crippen molar-refractivity contribution in [2.75, 3.05) is 18.4 Å². The second-order valence-electron chi connectivity index (χ2n) is 10.2. The smallest absolute Gasteiger partial charge is 0.253 e. The Morgan fingerprint density at radius 3 is 2.35 bits per heavy atom. The van der Waals surface area contributed by atoms with E-state index in [1.165, 1.54) is 0 Å². The van der Waals surface area contributed by atoms with E-state index in [0.717, 1.165) is 29.5 Å². The normalized spacial score (nSPS) is 16.4. The predicted molar refractivity (Wildman–Crippen MR) is 132 cm³/mol. The molecule has 34 heavy (non-hydrogen) atoms. The molecule has 2 aromatic carbocycles. The Balaban J connectivity index is 1.39. The highest BCUT2D eigenvalue weighted by Gasteiger charge is 2.29. The van der Waals surface area contributed by atoms with Crippen molar-refractivity contribution in [2.24, 2.45) is 5.92 Å². The van der Waals surface area contributed by atoms with Gasteiger partial charge in [-0.15, -0.1) is 0 Å². The van der Waals surface area contributed by atoms with E-state index >= 15 is 0 Å². The average Bonchev–Trinajstić information content (AvgIpc) is 3.29. The van der Waals surface area contributed by atoms with Crippen molar-refractivity contribution in [1.82, 2.24) is 15.0 Å². The lowest BCUT2D eigenvalue weighted by molar-refractivity contribution is -0.121. The van der Waals surface area contributed by atoms with Gasteiger partial charge in [0.2, 0.25) is 17.6 Å². The third-order valence-electron chi connectivity index (χ3n) is 6.03. The molecule has 1 fully saturated rings. The van der Waals surface area contributed by atoms with Gasteiger partial charge >= 0.3 is 0 Å². The maximum absolute atomic E-state index is 13.0. The number of anilines is 1. The molecule has 1 atom stereocenters. The zero-order chi connectivity index (χ0) is 24.5. The van der Waals surface area contributed by atoms with Crippen LogP contribution in [-0.2, 0) is 10.2 Å². The Morgan fingerprint density at radius 1 is 1.06 bits per heavy atom. The maximum Gasteiger partial charge on any atom is 0.253 e. The minimum atomic E-state index is -0.241. The molecular weight excluding hydrogens is 428 g/mol. The fourth-order valence-corrected chi connectivity index (χ4v) is 4.25. The summed E-state index contributed by atoms with van der Waals surface area (Å²) in [5.41, 5.74) is 4.12. The molecule has 1 aliphatic heterocycles. The number of hydrogen-bond acceptors (Lipinski definition) is 5. The number of benzene rings is 2. The molecule has 3 aromatic rings. The summed E-state index contributed by atoms with van der Waals surface area (Å²) in [7, 11) is 0. The molecule has 7 heteroatoms. The molecule has 2 heterocycles. The first-order valence-corrected chi connectivity index (χ1v) is 11.7. The molecule has 1 saturated heterocycles. The molecule has 1 N–H and O–H groups in total. The Morgan fingerprint density at radius 2 is 1.74 bits per heavy atom. The first kappa shape index (κ1) is 23.7. The van der Waals surface area contributed by atoms with Crippen molar-refractivity contribution >= 4 is 17.5 Å². The lowest BCUT2D eigenvalue weighted by atomic mass is 9.96. The predicted octanol–water partition coefficient (Wildman–Crippen LogP) is 5.14. The number of piperidine rings is 1. The van der Waals surface area contributed by atoms with Crippen LogP contribution >= 0.6 is 0 Å². The van der Waals surface area contributed by atoms with Crippen LogP contribution in [0, 0.1) is 19.8 Å². The molecule has 7 nitrogen and oxygen atoms in total. The fourth-order valence-electron chi connectivity index (χ4n) is 4.25. The zero-order valence-electron chi connectivity index (χ0n) is 20.5. The van der Waals surface area contributed by atoms with Gasteiger partial charge in [0.05, 0.1) is 5.92 Å². The van der Waals surface area contributed by atoms with Crippen LogP contribution in [0.4, 0.5) is 5.69 Å².